The van der Waals surface area contributed by atoms with E-state index in [4.69, 9.17) is 14.5 Å². The van der Waals surface area contributed by atoms with E-state index in [1.165, 1.54) is 5.56 Å². The highest BCUT2D eigenvalue weighted by Gasteiger charge is 2.13. The van der Waals surface area contributed by atoms with Crippen LogP contribution >= 0.6 is 0 Å². The van der Waals surface area contributed by atoms with Crippen LogP contribution in [0.2, 0.25) is 0 Å². The average Bonchev–Trinajstić information content (AvgIpc) is 2.91. The minimum Gasteiger partial charge on any atom is -0.493 e. The van der Waals surface area contributed by atoms with Gasteiger partial charge in [-0.25, -0.2) is 4.98 Å². The zero-order valence-corrected chi connectivity index (χ0v) is 21.7. The van der Waals surface area contributed by atoms with Gasteiger partial charge in [-0.3, -0.25) is 4.98 Å². The number of unbranched alkanes of at least 4 members (excludes halogenated alkanes) is 1. The van der Waals surface area contributed by atoms with Crippen LogP contribution in [0.3, 0.4) is 0 Å². The van der Waals surface area contributed by atoms with Crippen LogP contribution in [0.15, 0.2) is 60.9 Å². The number of nitrogens with one attached hydrogen (secondary N) is 1. The number of anilines is 1. The van der Waals surface area contributed by atoms with E-state index in [1.54, 1.807) is 19.5 Å². The van der Waals surface area contributed by atoms with E-state index < -0.39 is 0 Å². The first-order valence-electron chi connectivity index (χ1n) is 12.9. The highest BCUT2D eigenvalue weighted by Crippen LogP contribution is 2.32. The highest BCUT2D eigenvalue weighted by atomic mass is 16.5. The maximum absolute atomic E-state index is 6.03. The lowest BCUT2D eigenvalue weighted by atomic mass is 10.0. The third kappa shape index (κ3) is 7.96. The van der Waals surface area contributed by atoms with Gasteiger partial charge in [-0.1, -0.05) is 57.5 Å². The van der Waals surface area contributed by atoms with Crippen molar-refractivity contribution in [3.05, 3.63) is 66.5 Å². The molecule has 1 N–H and O–H groups in total. The normalized spacial score (nSPS) is 11.9. The van der Waals surface area contributed by atoms with Crippen molar-refractivity contribution in [1.29, 1.82) is 0 Å². The lowest BCUT2D eigenvalue weighted by Gasteiger charge is -2.19. The number of hydrogen-bond acceptors (Lipinski definition) is 6. The van der Waals surface area contributed by atoms with Crippen LogP contribution in [0, 0.1) is 0 Å². The Hall–Kier alpha value is -3.12. The molecule has 3 aromatic rings. The van der Waals surface area contributed by atoms with Crippen molar-refractivity contribution in [2.24, 2.45) is 0 Å². The molecule has 0 aliphatic carbocycles. The highest BCUT2D eigenvalue weighted by molar-refractivity contribution is 5.64. The molecule has 0 fully saturated rings. The zero-order chi connectivity index (χ0) is 24.9. The topological polar surface area (TPSA) is 59.5 Å². The van der Waals surface area contributed by atoms with Gasteiger partial charge >= 0.3 is 0 Å². The molecular formula is C29H40N4O2. The predicted octanol–water partition coefficient (Wildman–Crippen LogP) is 6.61. The SMILES string of the molecule is CCCC(Nc1cncc(-c2ccc(OCCCCN(CC)CC)c(OC)c2)n1)c1ccccc1. The summed E-state index contributed by atoms with van der Waals surface area (Å²) in [5, 5.41) is 3.57. The summed E-state index contributed by atoms with van der Waals surface area (Å²) < 4.78 is 11.7. The molecule has 2 aromatic carbocycles. The van der Waals surface area contributed by atoms with Crippen LogP contribution in [-0.4, -0.2) is 48.2 Å². The first-order valence-corrected chi connectivity index (χ1v) is 12.9. The predicted molar refractivity (Wildman–Crippen MR) is 144 cm³/mol. The van der Waals surface area contributed by atoms with Crippen molar-refractivity contribution in [1.82, 2.24) is 14.9 Å². The number of aromatic nitrogens is 2. The summed E-state index contributed by atoms with van der Waals surface area (Å²) in [5.41, 5.74) is 2.99. The van der Waals surface area contributed by atoms with Gasteiger partial charge in [0.05, 0.1) is 37.8 Å². The fraction of sp³-hybridized carbons (Fsp3) is 0.448. The van der Waals surface area contributed by atoms with Crippen molar-refractivity contribution in [3.8, 4) is 22.8 Å². The van der Waals surface area contributed by atoms with Gasteiger partial charge in [0.2, 0.25) is 0 Å². The van der Waals surface area contributed by atoms with Crippen molar-refractivity contribution in [3.63, 3.8) is 0 Å². The Morgan fingerprint density at radius 1 is 0.943 bits per heavy atom. The Morgan fingerprint density at radius 2 is 1.74 bits per heavy atom. The van der Waals surface area contributed by atoms with E-state index in [-0.39, 0.29) is 6.04 Å². The molecule has 0 aliphatic rings. The summed E-state index contributed by atoms with van der Waals surface area (Å²) in [5.74, 6) is 2.23. The fourth-order valence-electron chi connectivity index (χ4n) is 4.15. The Balaban J connectivity index is 1.66. The molecule has 0 aliphatic heterocycles. The van der Waals surface area contributed by atoms with Gasteiger partial charge in [0.15, 0.2) is 11.5 Å². The molecule has 6 heteroatoms. The lowest BCUT2D eigenvalue weighted by Crippen LogP contribution is -2.24. The molecule has 0 saturated carbocycles. The van der Waals surface area contributed by atoms with E-state index in [2.05, 4.69) is 60.2 Å². The van der Waals surface area contributed by atoms with Gasteiger partial charge < -0.3 is 19.7 Å². The van der Waals surface area contributed by atoms with Gasteiger partial charge in [-0.2, -0.15) is 0 Å². The maximum Gasteiger partial charge on any atom is 0.161 e. The molecule has 6 nitrogen and oxygen atoms in total. The molecule has 1 heterocycles. The smallest absolute Gasteiger partial charge is 0.161 e. The summed E-state index contributed by atoms with van der Waals surface area (Å²) in [6.45, 7) is 10.6. The zero-order valence-electron chi connectivity index (χ0n) is 21.7. The van der Waals surface area contributed by atoms with Gasteiger partial charge in [0.1, 0.15) is 5.82 Å². The maximum atomic E-state index is 6.03. The molecular weight excluding hydrogens is 436 g/mol. The van der Waals surface area contributed by atoms with Crippen LogP contribution in [0.1, 0.15) is 58.1 Å². The van der Waals surface area contributed by atoms with Crippen molar-refractivity contribution >= 4 is 5.82 Å². The average molecular weight is 477 g/mol. The molecule has 0 saturated heterocycles. The number of ether oxygens (including phenoxy) is 2. The molecule has 35 heavy (non-hydrogen) atoms. The van der Waals surface area contributed by atoms with Crippen LogP contribution in [-0.2, 0) is 0 Å². The summed E-state index contributed by atoms with van der Waals surface area (Å²) in [7, 11) is 1.67. The van der Waals surface area contributed by atoms with E-state index in [1.807, 2.05) is 24.3 Å². The summed E-state index contributed by atoms with van der Waals surface area (Å²) in [6, 6.07) is 16.6. The molecule has 0 bridgehead atoms. The quantitative estimate of drug-likeness (QED) is 0.249. The lowest BCUT2D eigenvalue weighted by molar-refractivity contribution is 0.259. The number of benzene rings is 2. The van der Waals surface area contributed by atoms with Crippen molar-refractivity contribution in [2.75, 3.05) is 38.7 Å². The largest absolute Gasteiger partial charge is 0.493 e. The summed E-state index contributed by atoms with van der Waals surface area (Å²) in [4.78, 5) is 11.7. The number of methoxy groups -OCH3 is 1. The molecule has 188 valence electrons. The van der Waals surface area contributed by atoms with Crippen LogP contribution < -0.4 is 14.8 Å². The van der Waals surface area contributed by atoms with E-state index in [9.17, 15) is 0 Å². The molecule has 0 radical (unpaired) electrons. The monoisotopic (exact) mass is 476 g/mol. The standard InChI is InChI=1S/C29H40N4O2/c1-5-13-25(23-14-9-8-10-15-23)31-29-22-30-21-26(32-29)24-16-17-27(28(20-24)34-4)35-19-12-11-18-33(6-2)7-3/h8-10,14-17,20-22,25H,5-7,11-13,18-19H2,1-4H3,(H,31,32). The van der Waals surface area contributed by atoms with E-state index in [0.29, 0.717) is 12.4 Å². The van der Waals surface area contributed by atoms with E-state index in [0.717, 1.165) is 68.1 Å². The Bertz CT molecular complexity index is 1010. The second-order valence-corrected chi connectivity index (χ2v) is 8.63. The third-order valence-corrected chi connectivity index (χ3v) is 6.22. The van der Waals surface area contributed by atoms with Crippen molar-refractivity contribution in [2.45, 2.75) is 52.5 Å². The van der Waals surface area contributed by atoms with E-state index >= 15 is 0 Å². The third-order valence-electron chi connectivity index (χ3n) is 6.22. The number of nitrogens with zero attached hydrogens (tertiary/aromatic N) is 3. The fourth-order valence-corrected chi connectivity index (χ4v) is 4.15. The Morgan fingerprint density at radius 3 is 2.46 bits per heavy atom. The Kier molecular flexibility index (Phi) is 10.8. The molecule has 1 aromatic heterocycles. The minimum atomic E-state index is 0.192. The van der Waals surface area contributed by atoms with Crippen LogP contribution in [0.4, 0.5) is 5.82 Å². The van der Waals surface area contributed by atoms with Gasteiger partial charge in [0.25, 0.3) is 0 Å². The minimum absolute atomic E-state index is 0.192. The molecule has 1 unspecified atom stereocenters. The van der Waals surface area contributed by atoms with Crippen LogP contribution in [0.5, 0.6) is 11.5 Å². The van der Waals surface area contributed by atoms with Gasteiger partial charge in [-0.15, -0.1) is 0 Å². The van der Waals surface area contributed by atoms with Gasteiger partial charge in [-0.05, 0) is 62.7 Å². The number of rotatable bonds is 15. The molecule has 0 amide bonds. The summed E-state index contributed by atoms with van der Waals surface area (Å²) >= 11 is 0. The first kappa shape index (κ1) is 26.5. The van der Waals surface area contributed by atoms with Crippen LogP contribution in [0.25, 0.3) is 11.3 Å². The summed E-state index contributed by atoms with van der Waals surface area (Å²) in [6.07, 6.45) is 7.80. The molecule has 3 rings (SSSR count). The first-order chi connectivity index (χ1) is 17.2. The Labute approximate surface area is 210 Å². The second kappa shape index (κ2) is 14.3. The molecule has 0 spiro atoms. The number of hydrogen-bond donors (Lipinski definition) is 1. The van der Waals surface area contributed by atoms with Gasteiger partial charge in [0, 0.05) is 5.56 Å². The van der Waals surface area contributed by atoms with Crippen molar-refractivity contribution < 1.29 is 9.47 Å². The molecule has 1 atom stereocenters. The second-order valence-electron chi connectivity index (χ2n) is 8.63.